The normalized spacial score (nSPS) is 26.2. The maximum Gasteiger partial charge on any atom is 0.331 e. The summed E-state index contributed by atoms with van der Waals surface area (Å²) >= 11 is 0. The minimum Gasteiger partial charge on any atom is -0.466 e. The Balaban J connectivity index is 2.09. The molecular weight excluding hydrogens is 384 g/mol. The number of hydrogen-bond donors (Lipinski definition) is 1. The summed E-state index contributed by atoms with van der Waals surface area (Å²) in [6.07, 6.45) is 5.29. The Kier molecular flexibility index (Phi) is 7.54. The van der Waals surface area contributed by atoms with Crippen molar-refractivity contribution >= 4 is 23.8 Å². The molecule has 4 atom stereocenters. The first kappa shape index (κ1) is 22.2. The zero-order valence-electron chi connectivity index (χ0n) is 16.4. The largest absolute Gasteiger partial charge is 0.466 e. The first-order valence-corrected chi connectivity index (χ1v) is 8.93. The highest BCUT2D eigenvalue weighted by molar-refractivity contribution is 5.92. The summed E-state index contributed by atoms with van der Waals surface area (Å²) in [5, 5.41) is 0. The Morgan fingerprint density at radius 3 is 2.59 bits per heavy atom. The summed E-state index contributed by atoms with van der Waals surface area (Å²) in [7, 11) is 1.19. The smallest absolute Gasteiger partial charge is 0.331 e. The van der Waals surface area contributed by atoms with Gasteiger partial charge < -0.3 is 29.6 Å². The standard InChI is InChI=1S/C19H24N2O8/c1-11-14(10-27-16(24)7-6-15(23)26-3)29-19(17(11)28-12(2)22)21-8-4-5-13(9-21)18(20)25/h4,6-9,11,14,17,19H,5,10H2,1-3H3,(H2,20,25)/b7-6+/t11-,14-,17?,19-/m1/s1. The number of ether oxygens (including phenoxy) is 4. The summed E-state index contributed by atoms with van der Waals surface area (Å²) in [5.41, 5.74) is 5.73. The molecular formula is C19H24N2O8. The van der Waals surface area contributed by atoms with Gasteiger partial charge in [0.25, 0.3) is 0 Å². The van der Waals surface area contributed by atoms with Gasteiger partial charge in [-0.2, -0.15) is 0 Å². The van der Waals surface area contributed by atoms with Crippen LogP contribution in [0.1, 0.15) is 20.3 Å². The van der Waals surface area contributed by atoms with Crippen LogP contribution in [0, 0.1) is 5.92 Å². The van der Waals surface area contributed by atoms with E-state index in [0.29, 0.717) is 12.0 Å². The summed E-state index contributed by atoms with van der Waals surface area (Å²) in [5.74, 6) is -2.79. The van der Waals surface area contributed by atoms with Crippen LogP contribution in [0.15, 0.2) is 36.2 Å². The Labute approximate surface area is 167 Å². The van der Waals surface area contributed by atoms with Crippen molar-refractivity contribution in [1.82, 2.24) is 4.90 Å². The van der Waals surface area contributed by atoms with E-state index in [-0.39, 0.29) is 12.5 Å². The number of nitrogens with two attached hydrogens (primary N) is 1. The molecule has 2 aliphatic heterocycles. The molecule has 0 bridgehead atoms. The SMILES string of the molecule is COC(=O)/C=C/C(=O)OC[C@H]1O[C@@H](N2C=CCC(C(N)=O)=C2)C(OC(C)=O)[C@@H]1C. The van der Waals surface area contributed by atoms with Gasteiger partial charge in [0.15, 0.2) is 12.3 Å². The van der Waals surface area contributed by atoms with Crippen molar-refractivity contribution in [3.8, 4) is 0 Å². The highest BCUT2D eigenvalue weighted by Crippen LogP contribution is 2.33. The van der Waals surface area contributed by atoms with E-state index in [1.54, 1.807) is 30.3 Å². The average molecular weight is 408 g/mol. The van der Waals surface area contributed by atoms with Crippen molar-refractivity contribution in [2.75, 3.05) is 13.7 Å². The van der Waals surface area contributed by atoms with Crippen LogP contribution in [0.3, 0.4) is 0 Å². The van der Waals surface area contributed by atoms with E-state index in [4.69, 9.17) is 19.9 Å². The number of nitrogens with zero attached hydrogens (tertiary/aromatic N) is 1. The van der Waals surface area contributed by atoms with E-state index in [0.717, 1.165) is 12.2 Å². The molecule has 10 nitrogen and oxygen atoms in total. The van der Waals surface area contributed by atoms with Gasteiger partial charge in [0.05, 0.1) is 7.11 Å². The van der Waals surface area contributed by atoms with Gasteiger partial charge in [-0.15, -0.1) is 0 Å². The highest BCUT2D eigenvalue weighted by Gasteiger charge is 2.47. The summed E-state index contributed by atoms with van der Waals surface area (Å²) < 4.78 is 20.9. The zero-order valence-corrected chi connectivity index (χ0v) is 16.4. The monoisotopic (exact) mass is 408 g/mol. The molecule has 1 fully saturated rings. The van der Waals surface area contributed by atoms with Crippen LogP contribution in [0.4, 0.5) is 0 Å². The molecule has 0 aromatic carbocycles. The summed E-state index contributed by atoms with van der Waals surface area (Å²) in [6, 6.07) is 0. The third-order valence-electron chi connectivity index (χ3n) is 4.48. The highest BCUT2D eigenvalue weighted by atomic mass is 16.6. The summed E-state index contributed by atoms with van der Waals surface area (Å²) in [6.45, 7) is 2.96. The molecule has 0 aromatic heterocycles. The molecule has 29 heavy (non-hydrogen) atoms. The first-order valence-electron chi connectivity index (χ1n) is 8.93. The van der Waals surface area contributed by atoms with Gasteiger partial charge >= 0.3 is 17.9 Å². The first-order chi connectivity index (χ1) is 13.7. The van der Waals surface area contributed by atoms with Crippen molar-refractivity contribution in [2.24, 2.45) is 11.7 Å². The molecule has 0 saturated carbocycles. The third-order valence-corrected chi connectivity index (χ3v) is 4.48. The lowest BCUT2D eigenvalue weighted by molar-refractivity contribution is -0.155. The van der Waals surface area contributed by atoms with Gasteiger partial charge in [-0.05, 0) is 6.42 Å². The fourth-order valence-electron chi connectivity index (χ4n) is 2.96. The van der Waals surface area contributed by atoms with E-state index >= 15 is 0 Å². The lowest BCUT2D eigenvalue weighted by Crippen LogP contribution is -2.40. The lowest BCUT2D eigenvalue weighted by Gasteiger charge is -2.30. The molecule has 1 saturated heterocycles. The van der Waals surface area contributed by atoms with Gasteiger partial charge in [-0.25, -0.2) is 9.59 Å². The number of methoxy groups -OCH3 is 1. The van der Waals surface area contributed by atoms with Gasteiger partial charge in [-0.1, -0.05) is 13.0 Å². The minimum atomic E-state index is -0.743. The van der Waals surface area contributed by atoms with Crippen molar-refractivity contribution in [1.29, 1.82) is 0 Å². The number of carbonyl (C=O) groups is 4. The van der Waals surface area contributed by atoms with Crippen LogP contribution in [0.2, 0.25) is 0 Å². The Morgan fingerprint density at radius 2 is 1.97 bits per heavy atom. The number of rotatable bonds is 7. The molecule has 1 unspecified atom stereocenters. The predicted octanol–water partition coefficient (Wildman–Crippen LogP) is 0.140. The molecule has 2 aliphatic rings. The van der Waals surface area contributed by atoms with Crippen LogP contribution < -0.4 is 5.73 Å². The van der Waals surface area contributed by atoms with Gasteiger partial charge in [0, 0.05) is 43.0 Å². The van der Waals surface area contributed by atoms with Gasteiger partial charge in [0.1, 0.15) is 12.7 Å². The van der Waals surface area contributed by atoms with Crippen molar-refractivity contribution in [3.05, 3.63) is 36.2 Å². The fraction of sp³-hybridized carbons (Fsp3) is 0.474. The maximum atomic E-state index is 11.7. The number of esters is 3. The van der Waals surface area contributed by atoms with Crippen LogP contribution in [-0.4, -0.2) is 60.9 Å². The van der Waals surface area contributed by atoms with Crippen LogP contribution in [0.5, 0.6) is 0 Å². The van der Waals surface area contributed by atoms with E-state index in [1.807, 2.05) is 0 Å². The van der Waals surface area contributed by atoms with E-state index in [1.165, 1.54) is 14.0 Å². The van der Waals surface area contributed by atoms with E-state index in [9.17, 15) is 19.2 Å². The molecule has 158 valence electrons. The van der Waals surface area contributed by atoms with Crippen molar-refractivity contribution < 1.29 is 38.1 Å². The van der Waals surface area contributed by atoms with Crippen LogP contribution in [-0.2, 0) is 38.1 Å². The molecule has 0 aromatic rings. The molecule has 10 heteroatoms. The molecule has 1 amide bonds. The topological polar surface area (TPSA) is 134 Å². The Bertz CT molecular complexity index is 757. The second-order valence-electron chi connectivity index (χ2n) is 6.54. The third kappa shape index (κ3) is 5.92. The fourth-order valence-corrected chi connectivity index (χ4v) is 2.96. The number of primary amides is 1. The van der Waals surface area contributed by atoms with E-state index < -0.39 is 42.3 Å². The second kappa shape index (κ2) is 9.87. The van der Waals surface area contributed by atoms with E-state index in [2.05, 4.69) is 4.74 Å². The Morgan fingerprint density at radius 1 is 1.28 bits per heavy atom. The molecule has 0 spiro atoms. The number of hydrogen-bond acceptors (Lipinski definition) is 9. The summed E-state index contributed by atoms with van der Waals surface area (Å²) in [4.78, 5) is 47.4. The molecule has 2 heterocycles. The number of carbonyl (C=O) groups excluding carboxylic acids is 4. The van der Waals surface area contributed by atoms with Crippen molar-refractivity contribution in [2.45, 2.75) is 38.7 Å². The van der Waals surface area contributed by atoms with Crippen molar-refractivity contribution in [3.63, 3.8) is 0 Å². The predicted molar refractivity (Wildman–Crippen MR) is 98.4 cm³/mol. The molecule has 0 radical (unpaired) electrons. The molecule has 2 rings (SSSR count). The lowest BCUT2D eigenvalue weighted by atomic mass is 10.00. The molecule has 2 N–H and O–H groups in total. The number of allylic oxidation sites excluding steroid dienone is 1. The van der Waals surface area contributed by atoms with Crippen LogP contribution >= 0.6 is 0 Å². The van der Waals surface area contributed by atoms with Gasteiger partial charge in [0.2, 0.25) is 5.91 Å². The maximum absolute atomic E-state index is 11.7. The zero-order chi connectivity index (χ0) is 21.6. The van der Waals surface area contributed by atoms with Gasteiger partial charge in [-0.3, -0.25) is 9.59 Å². The number of amides is 1. The average Bonchev–Trinajstić information content (AvgIpc) is 2.99. The second-order valence-corrected chi connectivity index (χ2v) is 6.54. The molecule has 0 aliphatic carbocycles. The minimum absolute atomic E-state index is 0.121. The Hall–Kier alpha value is -3.14. The quantitative estimate of drug-likeness (QED) is 0.354. The van der Waals surface area contributed by atoms with Crippen LogP contribution in [0.25, 0.3) is 0 Å².